The molecule has 13 nitrogen and oxygen atoms in total. The Bertz CT molecular complexity index is 538. The number of phosphoric acid groups is 3. The molecule has 0 fully saturated rings. The number of phosphoric ester groups is 3. The van der Waals surface area contributed by atoms with Gasteiger partial charge in [-0.2, -0.15) is 0 Å². The largest absolute Gasteiger partial charge is 0.474 e. The molecule has 0 bridgehead atoms. The number of nitrogens with zero attached hydrogens (tertiary/aromatic N) is 1. The van der Waals surface area contributed by atoms with E-state index < -0.39 is 23.5 Å². The summed E-state index contributed by atoms with van der Waals surface area (Å²) in [5.74, 6) is 0. The molecule has 0 spiro atoms. The van der Waals surface area contributed by atoms with Crippen LogP contribution in [0.4, 0.5) is 0 Å². The fraction of sp³-hybridized carbons (Fsp3) is 1.00. The first-order valence-electron chi connectivity index (χ1n) is 11.5. The first kappa shape index (κ1) is 34.3. The van der Waals surface area contributed by atoms with Crippen LogP contribution in [0.25, 0.3) is 0 Å². The van der Waals surface area contributed by atoms with Gasteiger partial charge in [0.2, 0.25) is 0 Å². The maximum Gasteiger partial charge on any atom is 0.474 e. The lowest BCUT2D eigenvalue weighted by atomic mass is 10.4. The van der Waals surface area contributed by atoms with Gasteiger partial charge >= 0.3 is 23.5 Å². The topological polar surface area (TPSA) is 138 Å². The highest BCUT2D eigenvalue weighted by atomic mass is 31.2. The average molecular weight is 557 g/mol. The summed E-state index contributed by atoms with van der Waals surface area (Å²) < 4.78 is 84.3. The van der Waals surface area contributed by atoms with Crippen LogP contribution in [0.2, 0.25) is 0 Å². The van der Waals surface area contributed by atoms with Crippen molar-refractivity contribution in [1.82, 2.24) is 4.90 Å². The fourth-order valence-electron chi connectivity index (χ4n) is 2.46. The van der Waals surface area contributed by atoms with Crippen molar-refractivity contribution in [2.24, 2.45) is 0 Å². The minimum Gasteiger partial charge on any atom is -0.296 e. The van der Waals surface area contributed by atoms with E-state index >= 15 is 0 Å². The van der Waals surface area contributed by atoms with Crippen molar-refractivity contribution in [3.05, 3.63) is 0 Å². The van der Waals surface area contributed by atoms with Gasteiger partial charge in [0.1, 0.15) is 0 Å². The molecule has 0 unspecified atom stereocenters. The molecule has 0 saturated heterocycles. The first-order chi connectivity index (χ1) is 16.1. The van der Waals surface area contributed by atoms with Crippen LogP contribution < -0.4 is 0 Å². The quantitative estimate of drug-likeness (QED) is 0.149. The average Bonchev–Trinajstić information content (AvgIpc) is 2.74. The molecule has 0 aromatic heterocycles. The third kappa shape index (κ3) is 15.4. The maximum absolute atomic E-state index is 12.5. The SMILES string of the molecule is CCOP(=O)(OCC)OCCN(CCOP(=O)(OCC)OCC)CCOP(=O)(OCC)OCC. The normalized spacial score (nSPS) is 13.1. The van der Waals surface area contributed by atoms with Gasteiger partial charge < -0.3 is 0 Å². The first-order valence-corrected chi connectivity index (χ1v) is 15.9. The molecule has 0 aromatic carbocycles. The van der Waals surface area contributed by atoms with Crippen LogP contribution in [0.3, 0.4) is 0 Å². The monoisotopic (exact) mass is 557 g/mol. The van der Waals surface area contributed by atoms with Crippen LogP contribution in [-0.4, -0.2) is 84.0 Å². The predicted octanol–water partition coefficient (Wildman–Crippen LogP) is 4.88. The van der Waals surface area contributed by atoms with Gasteiger partial charge in [0, 0.05) is 19.6 Å². The van der Waals surface area contributed by atoms with Crippen molar-refractivity contribution in [3.8, 4) is 0 Å². The molecule has 0 aliphatic heterocycles. The molecule has 0 aliphatic carbocycles. The van der Waals surface area contributed by atoms with Crippen LogP contribution in [0.15, 0.2) is 0 Å². The molecule has 34 heavy (non-hydrogen) atoms. The Morgan fingerprint density at radius 3 is 0.794 bits per heavy atom. The van der Waals surface area contributed by atoms with E-state index in [0.29, 0.717) is 0 Å². The van der Waals surface area contributed by atoms with E-state index in [1.54, 1.807) is 46.4 Å². The van der Waals surface area contributed by atoms with Gasteiger partial charge in [-0.05, 0) is 41.5 Å². The molecule has 0 aliphatic rings. The van der Waals surface area contributed by atoms with Crippen LogP contribution >= 0.6 is 23.5 Å². The van der Waals surface area contributed by atoms with Crippen molar-refractivity contribution < 1.29 is 54.4 Å². The molecule has 16 heteroatoms. The minimum atomic E-state index is -3.67. The summed E-state index contributed by atoms with van der Waals surface area (Å²) in [6.07, 6.45) is 0. The Morgan fingerprint density at radius 2 is 0.618 bits per heavy atom. The second-order valence-electron chi connectivity index (χ2n) is 6.19. The lowest BCUT2D eigenvalue weighted by Crippen LogP contribution is -2.34. The molecule has 0 heterocycles. The number of hydrogen-bond acceptors (Lipinski definition) is 13. The maximum atomic E-state index is 12.5. The summed E-state index contributed by atoms with van der Waals surface area (Å²) in [6.45, 7) is 11.9. The lowest BCUT2D eigenvalue weighted by Gasteiger charge is -2.25. The zero-order valence-electron chi connectivity index (χ0n) is 21.2. The summed E-state index contributed by atoms with van der Waals surface area (Å²) in [7, 11) is -11.0. The summed E-state index contributed by atoms with van der Waals surface area (Å²) in [5, 5.41) is 0. The minimum absolute atomic E-state index is 0.000436. The fourth-order valence-corrected chi connectivity index (χ4v) is 5.95. The van der Waals surface area contributed by atoms with Crippen molar-refractivity contribution >= 4 is 23.5 Å². The molecular formula is C18H42NO12P3. The number of rotatable bonds is 24. The molecule has 0 atom stereocenters. The molecule has 0 N–H and O–H groups in total. The summed E-state index contributed by atoms with van der Waals surface area (Å²) in [4.78, 5) is 1.80. The summed E-state index contributed by atoms with van der Waals surface area (Å²) in [6, 6.07) is 0. The van der Waals surface area contributed by atoms with E-state index in [-0.39, 0.29) is 79.1 Å². The van der Waals surface area contributed by atoms with Crippen LogP contribution in [0, 0.1) is 0 Å². The highest BCUT2D eigenvalue weighted by Crippen LogP contribution is 2.50. The van der Waals surface area contributed by atoms with Crippen LogP contribution in [-0.2, 0) is 54.4 Å². The van der Waals surface area contributed by atoms with Gasteiger partial charge in [-0.25, -0.2) is 13.7 Å². The Kier molecular flexibility index (Phi) is 19.6. The highest BCUT2D eigenvalue weighted by molar-refractivity contribution is 7.49. The van der Waals surface area contributed by atoms with E-state index in [1.807, 2.05) is 0 Å². The van der Waals surface area contributed by atoms with Crippen molar-refractivity contribution in [2.45, 2.75) is 41.5 Å². The third-order valence-electron chi connectivity index (χ3n) is 3.69. The van der Waals surface area contributed by atoms with Crippen LogP contribution in [0.1, 0.15) is 41.5 Å². The third-order valence-corrected chi connectivity index (χ3v) is 8.64. The highest BCUT2D eigenvalue weighted by Gasteiger charge is 2.28. The lowest BCUT2D eigenvalue weighted by molar-refractivity contribution is 0.0803. The van der Waals surface area contributed by atoms with E-state index in [0.717, 1.165) is 0 Å². The number of hydrogen-bond donors (Lipinski definition) is 0. The Balaban J connectivity index is 5.04. The molecule has 0 amide bonds. The predicted molar refractivity (Wildman–Crippen MR) is 127 cm³/mol. The van der Waals surface area contributed by atoms with Gasteiger partial charge in [0.05, 0.1) is 59.5 Å². The molecule has 0 saturated carbocycles. The zero-order chi connectivity index (χ0) is 25.9. The molecule has 0 radical (unpaired) electrons. The van der Waals surface area contributed by atoms with Gasteiger partial charge in [0.15, 0.2) is 0 Å². The molecule has 0 aromatic rings. The Hall–Kier alpha value is 0.290. The van der Waals surface area contributed by atoms with Crippen molar-refractivity contribution in [1.29, 1.82) is 0 Å². The van der Waals surface area contributed by atoms with E-state index in [2.05, 4.69) is 0 Å². The van der Waals surface area contributed by atoms with E-state index in [9.17, 15) is 13.7 Å². The second kappa shape index (κ2) is 19.4. The molecule has 206 valence electrons. The van der Waals surface area contributed by atoms with Gasteiger partial charge in [0.25, 0.3) is 0 Å². The van der Waals surface area contributed by atoms with Gasteiger partial charge in [-0.15, -0.1) is 0 Å². The Labute approximate surface area is 203 Å². The Morgan fingerprint density at radius 1 is 0.412 bits per heavy atom. The standard InChI is InChI=1S/C18H42NO12P3/c1-7-23-32(20,24-8-2)29-16-13-19(14-17-30-33(21,25-9-3)26-10-4)15-18-31-34(22,27-11-5)28-12-6/h7-18H2,1-6H3. The molecule has 0 rings (SSSR count). The van der Waals surface area contributed by atoms with Crippen molar-refractivity contribution in [3.63, 3.8) is 0 Å². The van der Waals surface area contributed by atoms with Gasteiger partial charge in [-0.3, -0.25) is 45.6 Å². The second-order valence-corrected chi connectivity index (χ2v) is 11.2. The van der Waals surface area contributed by atoms with E-state index in [4.69, 9.17) is 40.7 Å². The van der Waals surface area contributed by atoms with E-state index in [1.165, 1.54) is 0 Å². The van der Waals surface area contributed by atoms with Crippen molar-refractivity contribution in [2.75, 3.05) is 79.1 Å². The molecular weight excluding hydrogens is 515 g/mol. The summed E-state index contributed by atoms with van der Waals surface area (Å²) in [5.41, 5.74) is 0. The van der Waals surface area contributed by atoms with Gasteiger partial charge in [-0.1, -0.05) is 0 Å². The smallest absolute Gasteiger partial charge is 0.296 e. The van der Waals surface area contributed by atoms with Crippen LogP contribution in [0.5, 0.6) is 0 Å². The zero-order valence-corrected chi connectivity index (χ0v) is 23.9. The summed E-state index contributed by atoms with van der Waals surface area (Å²) >= 11 is 0.